The van der Waals surface area contributed by atoms with Gasteiger partial charge in [-0.05, 0) is 37.0 Å². The lowest BCUT2D eigenvalue weighted by Gasteiger charge is -2.33. The molecule has 0 atom stereocenters. The van der Waals surface area contributed by atoms with Crippen molar-refractivity contribution in [1.82, 2.24) is 20.4 Å². The molecular formula is C19H27ClN4O2. The highest BCUT2D eigenvalue weighted by Crippen LogP contribution is 2.18. The van der Waals surface area contributed by atoms with Gasteiger partial charge in [0.15, 0.2) is 0 Å². The molecule has 0 aromatic heterocycles. The second-order valence-electron chi connectivity index (χ2n) is 7.12. The molecule has 1 saturated heterocycles. The SMILES string of the molecule is O=C(CN1CCN(CC(=O)NC2CC2)CC1)NCCc1ccc(Cl)cc1. The second kappa shape index (κ2) is 9.35. The Balaban J connectivity index is 1.28. The number of piperazine rings is 1. The largest absolute Gasteiger partial charge is 0.355 e. The molecule has 1 aromatic carbocycles. The third-order valence-corrected chi connectivity index (χ3v) is 5.04. The van der Waals surface area contributed by atoms with Crippen LogP contribution in [0, 0.1) is 0 Å². The van der Waals surface area contributed by atoms with Gasteiger partial charge in [0.1, 0.15) is 0 Å². The summed E-state index contributed by atoms with van der Waals surface area (Å²) in [5, 5.41) is 6.72. The maximum absolute atomic E-state index is 12.1. The van der Waals surface area contributed by atoms with Crippen LogP contribution in [-0.2, 0) is 16.0 Å². The Labute approximate surface area is 159 Å². The summed E-state index contributed by atoms with van der Waals surface area (Å²) in [7, 11) is 0. The molecule has 2 amide bonds. The zero-order valence-electron chi connectivity index (χ0n) is 15.0. The van der Waals surface area contributed by atoms with Crippen LogP contribution in [0.3, 0.4) is 0 Å². The van der Waals surface area contributed by atoms with Crippen LogP contribution in [0.1, 0.15) is 18.4 Å². The molecular weight excluding hydrogens is 352 g/mol. The van der Waals surface area contributed by atoms with Gasteiger partial charge >= 0.3 is 0 Å². The van der Waals surface area contributed by atoms with E-state index in [0.29, 0.717) is 25.7 Å². The Morgan fingerprint density at radius 2 is 1.54 bits per heavy atom. The highest BCUT2D eigenvalue weighted by Gasteiger charge is 2.25. The van der Waals surface area contributed by atoms with Crippen LogP contribution in [0.25, 0.3) is 0 Å². The van der Waals surface area contributed by atoms with Gasteiger partial charge in [0.2, 0.25) is 11.8 Å². The fourth-order valence-electron chi connectivity index (χ4n) is 3.07. The molecule has 2 fully saturated rings. The number of benzene rings is 1. The lowest BCUT2D eigenvalue weighted by Crippen LogP contribution is -2.51. The maximum atomic E-state index is 12.1. The molecule has 7 heteroatoms. The molecule has 6 nitrogen and oxygen atoms in total. The normalized spacial score (nSPS) is 18.5. The third-order valence-electron chi connectivity index (χ3n) is 4.79. The van der Waals surface area contributed by atoms with Crippen LogP contribution in [0.4, 0.5) is 0 Å². The van der Waals surface area contributed by atoms with Gasteiger partial charge in [0, 0.05) is 43.8 Å². The summed E-state index contributed by atoms with van der Waals surface area (Å²) < 4.78 is 0. The number of carbonyl (C=O) groups excluding carboxylic acids is 2. The standard InChI is InChI=1S/C19H27ClN4O2/c20-16-3-1-15(2-4-16)7-8-21-18(25)13-23-9-11-24(12-10-23)14-19(26)22-17-5-6-17/h1-4,17H,5-14H2,(H,21,25)(H,22,26). The average Bonchev–Trinajstić information content (AvgIpc) is 3.42. The van der Waals surface area contributed by atoms with E-state index in [0.717, 1.165) is 56.0 Å². The molecule has 2 aliphatic rings. The van der Waals surface area contributed by atoms with E-state index in [9.17, 15) is 9.59 Å². The minimum absolute atomic E-state index is 0.0545. The molecule has 142 valence electrons. The number of halogens is 1. The van der Waals surface area contributed by atoms with E-state index in [4.69, 9.17) is 11.6 Å². The fourth-order valence-corrected chi connectivity index (χ4v) is 3.19. The van der Waals surface area contributed by atoms with E-state index in [-0.39, 0.29) is 11.8 Å². The number of amides is 2. The number of nitrogens with zero attached hydrogens (tertiary/aromatic N) is 2. The molecule has 1 saturated carbocycles. The molecule has 1 aliphatic carbocycles. The molecule has 2 N–H and O–H groups in total. The molecule has 3 rings (SSSR count). The van der Waals surface area contributed by atoms with E-state index in [2.05, 4.69) is 20.4 Å². The topological polar surface area (TPSA) is 64.7 Å². The molecule has 1 heterocycles. The molecule has 0 bridgehead atoms. The zero-order chi connectivity index (χ0) is 18.4. The fraction of sp³-hybridized carbons (Fsp3) is 0.579. The minimum atomic E-state index is 0.0545. The lowest BCUT2D eigenvalue weighted by molar-refractivity contribution is -0.125. The van der Waals surface area contributed by atoms with Gasteiger partial charge in [-0.2, -0.15) is 0 Å². The van der Waals surface area contributed by atoms with Gasteiger partial charge in [-0.15, -0.1) is 0 Å². The second-order valence-corrected chi connectivity index (χ2v) is 7.56. The van der Waals surface area contributed by atoms with Gasteiger partial charge in [-0.1, -0.05) is 23.7 Å². The number of hydrogen-bond donors (Lipinski definition) is 2. The molecule has 0 spiro atoms. The van der Waals surface area contributed by atoms with E-state index >= 15 is 0 Å². The van der Waals surface area contributed by atoms with Crippen LogP contribution < -0.4 is 10.6 Å². The Hall–Kier alpha value is -1.63. The number of hydrogen-bond acceptors (Lipinski definition) is 4. The Morgan fingerprint density at radius 1 is 0.962 bits per heavy atom. The minimum Gasteiger partial charge on any atom is -0.355 e. The third kappa shape index (κ3) is 6.59. The van der Waals surface area contributed by atoms with Crippen molar-refractivity contribution in [2.45, 2.75) is 25.3 Å². The van der Waals surface area contributed by atoms with Gasteiger partial charge in [0.05, 0.1) is 13.1 Å². The first-order valence-corrected chi connectivity index (χ1v) is 9.71. The van der Waals surface area contributed by atoms with E-state index in [1.54, 1.807) is 0 Å². The maximum Gasteiger partial charge on any atom is 0.234 e. The Kier molecular flexibility index (Phi) is 6.88. The van der Waals surface area contributed by atoms with Gasteiger partial charge in [-0.3, -0.25) is 19.4 Å². The van der Waals surface area contributed by atoms with E-state index in [1.807, 2.05) is 24.3 Å². The quantitative estimate of drug-likeness (QED) is 0.705. The van der Waals surface area contributed by atoms with Crippen molar-refractivity contribution < 1.29 is 9.59 Å². The Morgan fingerprint density at radius 3 is 2.12 bits per heavy atom. The summed E-state index contributed by atoms with van der Waals surface area (Å²) in [5.41, 5.74) is 1.16. The van der Waals surface area contributed by atoms with Crippen LogP contribution in [0.15, 0.2) is 24.3 Å². The van der Waals surface area contributed by atoms with Crippen LogP contribution in [0.5, 0.6) is 0 Å². The number of rotatable bonds is 8. The van der Waals surface area contributed by atoms with Crippen molar-refractivity contribution in [2.24, 2.45) is 0 Å². The van der Waals surface area contributed by atoms with Crippen molar-refractivity contribution in [2.75, 3.05) is 45.8 Å². The summed E-state index contributed by atoms with van der Waals surface area (Å²) in [6.07, 6.45) is 3.03. The summed E-state index contributed by atoms with van der Waals surface area (Å²) in [6.45, 7) is 4.82. The summed E-state index contributed by atoms with van der Waals surface area (Å²) in [5.74, 6) is 0.180. The van der Waals surface area contributed by atoms with Crippen LogP contribution in [0.2, 0.25) is 5.02 Å². The van der Waals surface area contributed by atoms with E-state index < -0.39 is 0 Å². The van der Waals surface area contributed by atoms with Gasteiger partial charge in [-0.25, -0.2) is 0 Å². The summed E-state index contributed by atoms with van der Waals surface area (Å²) in [6, 6.07) is 8.10. The predicted octanol–water partition coefficient (Wildman–Crippen LogP) is 0.895. The van der Waals surface area contributed by atoms with Crippen molar-refractivity contribution in [3.8, 4) is 0 Å². The monoisotopic (exact) mass is 378 g/mol. The van der Waals surface area contributed by atoms with Crippen LogP contribution in [-0.4, -0.2) is 73.5 Å². The first-order chi connectivity index (χ1) is 12.6. The highest BCUT2D eigenvalue weighted by atomic mass is 35.5. The van der Waals surface area contributed by atoms with Gasteiger partial charge in [0.25, 0.3) is 0 Å². The first-order valence-electron chi connectivity index (χ1n) is 9.34. The van der Waals surface area contributed by atoms with Crippen LogP contribution >= 0.6 is 11.6 Å². The molecule has 0 unspecified atom stereocenters. The molecule has 26 heavy (non-hydrogen) atoms. The van der Waals surface area contributed by atoms with Crippen molar-refractivity contribution in [1.29, 1.82) is 0 Å². The highest BCUT2D eigenvalue weighted by molar-refractivity contribution is 6.30. The zero-order valence-corrected chi connectivity index (χ0v) is 15.8. The number of carbonyl (C=O) groups is 2. The average molecular weight is 379 g/mol. The van der Waals surface area contributed by atoms with Crippen molar-refractivity contribution in [3.05, 3.63) is 34.9 Å². The smallest absolute Gasteiger partial charge is 0.234 e. The predicted molar refractivity (Wildman–Crippen MR) is 102 cm³/mol. The van der Waals surface area contributed by atoms with Crippen molar-refractivity contribution >= 4 is 23.4 Å². The molecule has 0 radical (unpaired) electrons. The lowest BCUT2D eigenvalue weighted by atomic mass is 10.1. The summed E-state index contributed by atoms with van der Waals surface area (Å²) in [4.78, 5) is 28.2. The molecule has 1 aromatic rings. The van der Waals surface area contributed by atoms with Crippen molar-refractivity contribution in [3.63, 3.8) is 0 Å². The van der Waals surface area contributed by atoms with Gasteiger partial charge < -0.3 is 10.6 Å². The number of nitrogens with one attached hydrogen (secondary N) is 2. The van der Waals surface area contributed by atoms with E-state index in [1.165, 1.54) is 0 Å². The summed E-state index contributed by atoms with van der Waals surface area (Å²) >= 11 is 5.87. The Bertz CT molecular complexity index is 610. The molecule has 1 aliphatic heterocycles. The first kappa shape index (κ1) is 19.1.